The molecule has 0 unspecified atom stereocenters. The van der Waals surface area contributed by atoms with Crippen molar-refractivity contribution in [2.75, 3.05) is 0 Å². The summed E-state index contributed by atoms with van der Waals surface area (Å²) in [7, 11) is 0. The average molecular weight is 142 g/mol. The number of rotatable bonds is 6. The van der Waals surface area contributed by atoms with Crippen molar-refractivity contribution in [2.24, 2.45) is 0 Å². The Morgan fingerprint density at radius 3 is 2.60 bits per heavy atom. The monoisotopic (exact) mass is 142 g/mol. The van der Waals surface area contributed by atoms with Crippen LogP contribution in [0.2, 0.25) is 0 Å². The van der Waals surface area contributed by atoms with E-state index < -0.39 is 5.97 Å². The van der Waals surface area contributed by atoms with Gasteiger partial charge in [0.25, 0.3) is 0 Å². The highest BCUT2D eigenvalue weighted by molar-refractivity contribution is 5.74. The van der Waals surface area contributed by atoms with Crippen LogP contribution in [-0.4, -0.2) is 5.97 Å². The Bertz CT molecular complexity index is 89.3. The first-order valence-electron chi connectivity index (χ1n) is 3.81. The zero-order valence-electron chi connectivity index (χ0n) is 6.43. The van der Waals surface area contributed by atoms with Gasteiger partial charge in [0.1, 0.15) is 6.42 Å². The number of hydrogen-bond acceptors (Lipinski definition) is 2. The quantitative estimate of drug-likeness (QED) is 0.408. The lowest BCUT2D eigenvalue weighted by atomic mass is 10.1. The summed E-state index contributed by atoms with van der Waals surface area (Å²) in [6.45, 7) is 2.13. The maximum Gasteiger partial charge on any atom is 0.244 e. The van der Waals surface area contributed by atoms with E-state index in [-0.39, 0.29) is 0 Å². The molecular weight excluding hydrogens is 128 g/mol. The van der Waals surface area contributed by atoms with Gasteiger partial charge >= 0.3 is 0 Å². The fourth-order valence-electron chi connectivity index (χ4n) is 0.791. The topological polar surface area (TPSA) is 40.1 Å². The van der Waals surface area contributed by atoms with Gasteiger partial charge in [-0.1, -0.05) is 19.8 Å². The van der Waals surface area contributed by atoms with E-state index in [0.29, 0.717) is 6.42 Å². The molecule has 0 aliphatic rings. The van der Waals surface area contributed by atoms with E-state index in [1.165, 1.54) is 19.3 Å². The highest BCUT2D eigenvalue weighted by Crippen LogP contribution is 2.03. The van der Waals surface area contributed by atoms with E-state index in [1.54, 1.807) is 0 Å². The normalized spacial score (nSPS) is 9.30. The molecule has 0 amide bonds. The minimum absolute atomic E-state index is 0.655. The third kappa shape index (κ3) is 7.34. The molecule has 0 aromatic rings. The minimum Gasteiger partial charge on any atom is -0.508 e. The SMILES string of the molecule is CCCCCC[CH+]C(=O)[O-]. The number of carbonyl (C=O) groups excluding carboxylic acids is 1. The lowest BCUT2D eigenvalue weighted by Gasteiger charge is -1.92. The first kappa shape index (κ1) is 9.34. The summed E-state index contributed by atoms with van der Waals surface area (Å²) >= 11 is 0. The van der Waals surface area contributed by atoms with Crippen molar-refractivity contribution < 1.29 is 9.90 Å². The fourth-order valence-corrected chi connectivity index (χ4v) is 0.791. The summed E-state index contributed by atoms with van der Waals surface area (Å²) < 4.78 is 0. The number of carboxylic acid groups (broad SMARTS) is 1. The molecule has 0 aromatic carbocycles. The van der Waals surface area contributed by atoms with Gasteiger partial charge in [0.2, 0.25) is 5.97 Å². The lowest BCUT2D eigenvalue weighted by Crippen LogP contribution is -2.22. The summed E-state index contributed by atoms with van der Waals surface area (Å²) in [5.74, 6) is -1.04. The van der Waals surface area contributed by atoms with E-state index in [1.807, 2.05) is 0 Å². The number of carboxylic acids is 1. The standard InChI is InChI=1S/C8H14O2/c1-2-3-4-5-6-7-8(9)10/h7H,2-6H2,1H3. The maximum atomic E-state index is 9.87. The largest absolute Gasteiger partial charge is 0.508 e. The molecule has 0 bridgehead atoms. The summed E-state index contributed by atoms with van der Waals surface area (Å²) in [6, 6.07) is 0. The second-order valence-electron chi connectivity index (χ2n) is 2.37. The molecule has 0 saturated heterocycles. The highest BCUT2D eigenvalue weighted by atomic mass is 16.4. The highest BCUT2D eigenvalue weighted by Gasteiger charge is 1.98. The molecule has 0 aliphatic carbocycles. The Labute approximate surface area is 62.2 Å². The van der Waals surface area contributed by atoms with Crippen LogP contribution >= 0.6 is 0 Å². The lowest BCUT2D eigenvalue weighted by molar-refractivity contribution is -0.300. The van der Waals surface area contributed by atoms with Gasteiger partial charge < -0.3 is 9.90 Å². The molecule has 0 aliphatic heterocycles. The number of carbonyl (C=O) groups is 1. The van der Waals surface area contributed by atoms with Crippen LogP contribution in [0.15, 0.2) is 0 Å². The molecule has 0 rings (SSSR count). The molecule has 0 heterocycles. The van der Waals surface area contributed by atoms with E-state index >= 15 is 0 Å². The van der Waals surface area contributed by atoms with E-state index in [4.69, 9.17) is 0 Å². The fraction of sp³-hybridized carbons (Fsp3) is 0.750. The van der Waals surface area contributed by atoms with Gasteiger partial charge in [-0.3, -0.25) is 0 Å². The van der Waals surface area contributed by atoms with Crippen LogP contribution in [0.5, 0.6) is 0 Å². The molecular formula is C8H14O2. The molecule has 0 fully saturated rings. The van der Waals surface area contributed by atoms with Crippen molar-refractivity contribution in [3.63, 3.8) is 0 Å². The van der Waals surface area contributed by atoms with Gasteiger partial charge in [-0.15, -0.1) is 0 Å². The number of aliphatic carboxylic acids is 1. The van der Waals surface area contributed by atoms with Crippen molar-refractivity contribution in [1.82, 2.24) is 0 Å². The van der Waals surface area contributed by atoms with Gasteiger partial charge in [0, 0.05) is 0 Å². The molecule has 0 radical (unpaired) electrons. The maximum absolute atomic E-state index is 9.87. The van der Waals surface area contributed by atoms with Crippen LogP contribution in [0.25, 0.3) is 0 Å². The van der Waals surface area contributed by atoms with Crippen LogP contribution < -0.4 is 5.11 Å². The zero-order chi connectivity index (χ0) is 7.82. The summed E-state index contributed by atoms with van der Waals surface area (Å²) in [5, 5.41) is 9.87. The summed E-state index contributed by atoms with van der Waals surface area (Å²) in [4.78, 5) is 9.87. The first-order chi connectivity index (χ1) is 4.77. The Morgan fingerprint density at radius 1 is 1.40 bits per heavy atom. The molecule has 2 heteroatoms. The smallest absolute Gasteiger partial charge is 0.244 e. The van der Waals surface area contributed by atoms with Crippen molar-refractivity contribution >= 4 is 5.97 Å². The Balaban J connectivity index is 2.84. The van der Waals surface area contributed by atoms with Gasteiger partial charge in [-0.05, 0) is 12.8 Å². The molecule has 0 saturated carbocycles. The van der Waals surface area contributed by atoms with Crippen molar-refractivity contribution in [3.05, 3.63) is 6.42 Å². The summed E-state index contributed by atoms with van der Waals surface area (Å²) in [6.07, 6.45) is 6.35. The van der Waals surface area contributed by atoms with E-state index in [9.17, 15) is 9.90 Å². The van der Waals surface area contributed by atoms with Gasteiger partial charge in [-0.2, -0.15) is 0 Å². The second-order valence-corrected chi connectivity index (χ2v) is 2.37. The minimum atomic E-state index is -1.04. The Kier molecular flexibility index (Phi) is 6.03. The van der Waals surface area contributed by atoms with Crippen molar-refractivity contribution in [3.8, 4) is 0 Å². The molecule has 0 spiro atoms. The van der Waals surface area contributed by atoms with Crippen LogP contribution in [0.3, 0.4) is 0 Å². The van der Waals surface area contributed by atoms with Crippen LogP contribution in [0.4, 0.5) is 0 Å². The van der Waals surface area contributed by atoms with Crippen molar-refractivity contribution in [2.45, 2.75) is 39.0 Å². The van der Waals surface area contributed by atoms with E-state index in [2.05, 4.69) is 6.92 Å². The molecule has 0 aromatic heterocycles. The van der Waals surface area contributed by atoms with Gasteiger partial charge in [-0.25, -0.2) is 0 Å². The first-order valence-corrected chi connectivity index (χ1v) is 3.81. The third-order valence-electron chi connectivity index (χ3n) is 1.37. The van der Waals surface area contributed by atoms with Gasteiger partial charge in [0.15, 0.2) is 0 Å². The van der Waals surface area contributed by atoms with E-state index in [0.717, 1.165) is 12.8 Å². The zero-order valence-corrected chi connectivity index (χ0v) is 6.43. The number of unbranched alkanes of at least 4 members (excludes halogenated alkanes) is 4. The average Bonchev–Trinajstić information content (AvgIpc) is 1.87. The van der Waals surface area contributed by atoms with Crippen molar-refractivity contribution in [1.29, 1.82) is 0 Å². The number of hydrogen-bond donors (Lipinski definition) is 0. The Morgan fingerprint density at radius 2 is 2.10 bits per heavy atom. The third-order valence-corrected chi connectivity index (χ3v) is 1.37. The predicted octanol–water partition coefficient (Wildman–Crippen LogP) is 0.911. The molecule has 10 heavy (non-hydrogen) atoms. The molecule has 2 nitrogen and oxygen atoms in total. The van der Waals surface area contributed by atoms with Gasteiger partial charge in [0.05, 0.1) is 6.42 Å². The summed E-state index contributed by atoms with van der Waals surface area (Å²) in [5.41, 5.74) is 0. The molecule has 58 valence electrons. The second kappa shape index (κ2) is 6.46. The van der Waals surface area contributed by atoms with Crippen LogP contribution in [0.1, 0.15) is 39.0 Å². The molecule has 0 N–H and O–H groups in total. The molecule has 0 atom stereocenters. The van der Waals surface area contributed by atoms with Crippen LogP contribution in [0, 0.1) is 6.42 Å². The van der Waals surface area contributed by atoms with Crippen LogP contribution in [-0.2, 0) is 4.79 Å². The predicted molar refractivity (Wildman–Crippen MR) is 38.1 cm³/mol. The Hall–Kier alpha value is -0.660.